The maximum Gasteiger partial charge on any atom is 0.342 e. The molecule has 41 heavy (non-hydrogen) atoms. The van der Waals surface area contributed by atoms with Crippen molar-refractivity contribution in [2.75, 3.05) is 0 Å². The third kappa shape index (κ3) is 2.59. The summed E-state index contributed by atoms with van der Waals surface area (Å²) in [5.74, 6) is 0. The molecule has 4 aromatic carbocycles. The molecule has 0 N–H and O–H groups in total. The fourth-order valence-electron chi connectivity index (χ4n) is 9.22. The number of imidazole rings is 2. The average molecular weight is 530 g/mol. The summed E-state index contributed by atoms with van der Waals surface area (Å²) in [5, 5.41) is -0.579. The molecule has 5 heterocycles. The molecule has 0 saturated carbocycles. The molecule has 3 aliphatic rings. The van der Waals surface area contributed by atoms with Gasteiger partial charge in [0.2, 0.25) is 0 Å². The molecule has 3 aliphatic heterocycles. The third-order valence-corrected chi connectivity index (χ3v) is 10.4. The Morgan fingerprint density at radius 2 is 1.00 bits per heavy atom. The predicted molar refractivity (Wildman–Crippen MR) is 168 cm³/mol. The normalized spacial score (nSPS) is 21.9. The van der Waals surface area contributed by atoms with Gasteiger partial charge < -0.3 is 8.96 Å². The first-order valence-corrected chi connectivity index (χ1v) is 14.5. The SMILES string of the molecule is C=C1[B@@-]2(c3ccccc3)c3n(C)cc[n+]3[B@-](c3ccccc3)(c3n(C)cc[n+]32)C1(c1ccccc1)c1ccccc1. The lowest BCUT2D eigenvalue weighted by Crippen LogP contribution is -3.11. The number of nitrogens with zero attached hydrogens (tertiary/aromatic N) is 4. The highest BCUT2D eigenvalue weighted by Crippen LogP contribution is 2.50. The highest BCUT2D eigenvalue weighted by Gasteiger charge is 2.74. The van der Waals surface area contributed by atoms with Crippen molar-refractivity contribution in [2.24, 2.45) is 14.1 Å². The van der Waals surface area contributed by atoms with Crippen molar-refractivity contribution in [3.8, 4) is 0 Å². The van der Waals surface area contributed by atoms with Crippen LogP contribution in [0, 0.1) is 0 Å². The summed E-state index contributed by atoms with van der Waals surface area (Å²) in [6, 6.07) is 44.4. The van der Waals surface area contributed by atoms with E-state index in [0.717, 1.165) is 0 Å². The van der Waals surface area contributed by atoms with E-state index in [0.29, 0.717) is 0 Å². The molecular formula is C35H32B2N4. The number of hydrogen-bond acceptors (Lipinski definition) is 0. The molecule has 0 radical (unpaired) electrons. The van der Waals surface area contributed by atoms with Crippen molar-refractivity contribution in [1.82, 2.24) is 9.13 Å². The highest BCUT2D eigenvalue weighted by molar-refractivity contribution is 7.10. The molecule has 6 heteroatoms. The number of aromatic nitrogens is 4. The van der Waals surface area contributed by atoms with Crippen LogP contribution < -0.4 is 31.3 Å². The van der Waals surface area contributed by atoms with E-state index in [1.807, 2.05) is 0 Å². The van der Waals surface area contributed by atoms with Gasteiger partial charge in [0.25, 0.3) is 0 Å². The Bertz CT molecular complexity index is 1890. The summed E-state index contributed by atoms with van der Waals surface area (Å²) in [4.78, 5) is 0. The zero-order valence-corrected chi connectivity index (χ0v) is 23.5. The molecular weight excluding hydrogens is 498 g/mol. The van der Waals surface area contributed by atoms with E-state index in [1.165, 1.54) is 39.0 Å². The van der Waals surface area contributed by atoms with Gasteiger partial charge in [-0.25, -0.2) is 0 Å². The molecule has 2 atom stereocenters. The number of fused-ring (bicyclic) bond motifs is 1. The second-order valence-electron chi connectivity index (χ2n) is 11.9. The Labute approximate surface area is 241 Å². The van der Waals surface area contributed by atoms with Gasteiger partial charge >= 0.3 is 12.6 Å². The quantitative estimate of drug-likeness (QED) is 0.311. The van der Waals surface area contributed by atoms with E-state index in [-0.39, 0.29) is 0 Å². The minimum absolute atomic E-state index is 0.579. The minimum Gasteiger partial charge on any atom is -0.448 e. The van der Waals surface area contributed by atoms with Gasteiger partial charge in [-0.3, -0.25) is 9.13 Å². The van der Waals surface area contributed by atoms with Crippen LogP contribution in [0.15, 0.2) is 158 Å². The van der Waals surface area contributed by atoms with Crippen LogP contribution >= 0.6 is 0 Å². The molecule has 6 aromatic rings. The lowest BCUT2D eigenvalue weighted by Gasteiger charge is -2.68. The summed E-state index contributed by atoms with van der Waals surface area (Å²) >= 11 is 0. The number of benzene rings is 4. The Kier molecular flexibility index (Phi) is 4.88. The van der Waals surface area contributed by atoms with Crippen LogP contribution in [0.4, 0.5) is 0 Å². The Morgan fingerprint density at radius 3 is 1.54 bits per heavy atom. The molecule has 2 aromatic heterocycles. The topological polar surface area (TPSA) is 17.6 Å². The van der Waals surface area contributed by atoms with Crippen molar-refractivity contribution in [3.05, 3.63) is 169 Å². The first kappa shape index (κ1) is 24.0. The van der Waals surface area contributed by atoms with Crippen LogP contribution in [0.1, 0.15) is 11.1 Å². The average Bonchev–Trinajstić information content (AvgIpc) is 3.63. The van der Waals surface area contributed by atoms with Crippen LogP contribution in [-0.2, 0) is 19.4 Å². The Balaban J connectivity index is 1.72. The molecule has 198 valence electrons. The largest absolute Gasteiger partial charge is 0.448 e. The molecule has 0 unspecified atom stereocenters. The monoisotopic (exact) mass is 530 g/mol. The van der Waals surface area contributed by atoms with Gasteiger partial charge in [0.15, 0.2) is 0 Å². The van der Waals surface area contributed by atoms with Crippen molar-refractivity contribution >= 4 is 34.9 Å². The molecule has 0 aliphatic carbocycles. The van der Waals surface area contributed by atoms with Crippen molar-refractivity contribution in [3.63, 3.8) is 0 Å². The molecule has 0 spiro atoms. The first-order chi connectivity index (χ1) is 20.1. The summed E-state index contributed by atoms with van der Waals surface area (Å²) in [5.41, 5.74) is 8.86. The predicted octanol–water partition coefficient (Wildman–Crippen LogP) is 2.10. The van der Waals surface area contributed by atoms with Crippen LogP contribution in [0.2, 0.25) is 0 Å². The zero-order chi connectivity index (χ0) is 27.8. The Hall–Kier alpha value is -4.83. The van der Waals surface area contributed by atoms with Crippen LogP contribution in [0.5, 0.6) is 0 Å². The van der Waals surface area contributed by atoms with Crippen LogP contribution in [-0.4, -0.2) is 21.7 Å². The second-order valence-corrected chi connectivity index (χ2v) is 11.9. The standard InChI is InChI=1S/C35H32B2N4/c1-28-35(29-16-8-4-9-17-29,30-18-10-5-11-19-30)37(32-22-14-7-15-23-32)34-39(3)24-26-40(34)36(28,31-20-12-6-13-21-31)33-38(2)25-27-41(33)37/h4-27H,1H2,2-3H3/t36-,37-/m1/s1. The van der Waals surface area contributed by atoms with Gasteiger partial charge in [0.05, 0.1) is 37.9 Å². The maximum atomic E-state index is 5.24. The van der Waals surface area contributed by atoms with Crippen molar-refractivity contribution in [1.29, 1.82) is 0 Å². The number of rotatable bonds is 4. The molecule has 0 amide bonds. The fraction of sp³-hybridized carbons (Fsp3) is 0.0857. The number of aryl methyl sites for hydroxylation is 2. The van der Waals surface area contributed by atoms with Crippen LogP contribution in [0.25, 0.3) is 0 Å². The van der Waals surface area contributed by atoms with E-state index in [4.69, 9.17) is 6.58 Å². The zero-order valence-electron chi connectivity index (χ0n) is 23.5. The van der Waals surface area contributed by atoms with Gasteiger partial charge in [-0.2, -0.15) is 10.9 Å². The summed E-state index contributed by atoms with van der Waals surface area (Å²) in [7, 11) is 4.40. The summed E-state index contributed by atoms with van der Waals surface area (Å²) < 4.78 is 9.93. The summed E-state index contributed by atoms with van der Waals surface area (Å²) in [6.45, 7) is 5.24. The van der Waals surface area contributed by atoms with Crippen molar-refractivity contribution < 1.29 is 8.96 Å². The van der Waals surface area contributed by atoms with E-state index in [2.05, 4.69) is 178 Å². The van der Waals surface area contributed by atoms with Gasteiger partial charge in [-0.1, -0.05) is 138 Å². The van der Waals surface area contributed by atoms with Crippen LogP contribution in [0.3, 0.4) is 0 Å². The van der Waals surface area contributed by atoms with E-state index in [9.17, 15) is 0 Å². The third-order valence-electron chi connectivity index (χ3n) is 10.4. The summed E-state index contributed by atoms with van der Waals surface area (Å²) in [6.07, 6.45) is 5.67. The first-order valence-electron chi connectivity index (χ1n) is 14.5. The van der Waals surface area contributed by atoms with E-state index < -0.39 is 17.9 Å². The smallest absolute Gasteiger partial charge is 0.342 e. The Morgan fingerprint density at radius 1 is 0.561 bits per heavy atom. The molecule has 9 rings (SSSR count). The molecule has 0 saturated heterocycles. The van der Waals surface area contributed by atoms with Gasteiger partial charge in [-0.05, 0) is 0 Å². The molecule has 2 bridgehead atoms. The lowest BCUT2D eigenvalue weighted by atomic mass is 9.02. The van der Waals surface area contributed by atoms with Gasteiger partial charge in [0.1, 0.15) is 12.4 Å². The number of hydrogen-bond donors (Lipinski definition) is 0. The van der Waals surface area contributed by atoms with Crippen molar-refractivity contribution in [2.45, 2.75) is 5.31 Å². The number of allylic oxidation sites excluding steroid dienone is 1. The van der Waals surface area contributed by atoms with Gasteiger partial charge in [0, 0.05) is 0 Å². The van der Waals surface area contributed by atoms with E-state index in [1.54, 1.807) is 0 Å². The maximum absolute atomic E-state index is 5.24. The molecule has 0 fully saturated rings. The lowest BCUT2D eigenvalue weighted by molar-refractivity contribution is -0.585. The minimum atomic E-state index is -1.74. The second kappa shape index (κ2) is 8.34. The molecule has 4 nitrogen and oxygen atoms in total. The highest BCUT2D eigenvalue weighted by atomic mass is 15.2. The fourth-order valence-corrected chi connectivity index (χ4v) is 9.22. The van der Waals surface area contributed by atoms with E-state index >= 15 is 0 Å². The van der Waals surface area contributed by atoms with Gasteiger partial charge in [-0.15, -0.1) is 12.0 Å².